The summed E-state index contributed by atoms with van der Waals surface area (Å²) < 4.78 is 17.5. The van der Waals surface area contributed by atoms with E-state index in [9.17, 15) is 0 Å². The molecule has 3 saturated heterocycles. The molecule has 3 heterocycles. The smallest absolute Gasteiger partial charge is 0.126 e. The summed E-state index contributed by atoms with van der Waals surface area (Å²) in [6.07, 6.45) is 3.97. The Morgan fingerprint density at radius 3 is 2.53 bits per heavy atom. The van der Waals surface area contributed by atoms with E-state index >= 15 is 0 Å². The number of rotatable bonds is 2. The molecule has 3 aliphatic rings. The average Bonchev–Trinajstić information content (AvgIpc) is 3.06. The van der Waals surface area contributed by atoms with E-state index in [1.807, 2.05) is 0 Å². The van der Waals surface area contributed by atoms with Gasteiger partial charge in [-0.25, -0.2) is 0 Å². The second kappa shape index (κ2) is 2.86. The predicted octanol–water partition coefficient (Wildman–Crippen LogP) is 0.195. The van der Waals surface area contributed by atoms with Gasteiger partial charge in [-0.05, 0) is 33.1 Å². The van der Waals surface area contributed by atoms with E-state index in [0.29, 0.717) is 6.10 Å². The van der Waals surface area contributed by atoms with Gasteiger partial charge in [0.15, 0.2) is 0 Å². The molecule has 0 radical (unpaired) electrons. The number of ether oxygens (including phenoxy) is 3. The summed E-state index contributed by atoms with van der Waals surface area (Å²) in [4.78, 5) is 0. The van der Waals surface area contributed by atoms with Crippen LogP contribution in [0.5, 0.6) is 0 Å². The fourth-order valence-corrected chi connectivity index (χ4v) is 4.24. The molecule has 0 aliphatic carbocycles. The van der Waals surface area contributed by atoms with Crippen molar-refractivity contribution < 1.29 is 14.2 Å². The van der Waals surface area contributed by atoms with Crippen LogP contribution in [0.15, 0.2) is 0 Å². The topological polar surface area (TPSA) is 34.3 Å². The molecular weight excluding hydrogens is 208 g/mol. The van der Waals surface area contributed by atoms with Crippen molar-refractivity contribution in [3.05, 3.63) is 0 Å². The Labute approximate surface area is 93.9 Å². The normalized spacial score (nSPS) is 59.2. The van der Waals surface area contributed by atoms with E-state index in [4.69, 9.17) is 14.2 Å². The lowest BCUT2D eigenvalue weighted by atomic mass is 9.84. The van der Waals surface area contributed by atoms with Crippen LogP contribution in [0.25, 0.3) is 0 Å². The number of epoxide rings is 2. The Kier molecular flexibility index (Phi) is 1.95. The highest BCUT2D eigenvalue weighted by Gasteiger charge is 2.77. The molecule has 0 saturated carbocycles. The van der Waals surface area contributed by atoms with E-state index in [0.717, 1.165) is 29.9 Å². The van der Waals surface area contributed by atoms with E-state index in [-0.39, 0.29) is 16.4 Å². The number of hydrogen-bond donors (Lipinski definition) is 0. The van der Waals surface area contributed by atoms with Crippen LogP contribution in [-0.4, -0.2) is 46.0 Å². The Morgan fingerprint density at radius 1 is 1.27 bits per heavy atom. The van der Waals surface area contributed by atoms with Gasteiger partial charge >= 0.3 is 0 Å². The molecule has 3 aliphatic heterocycles. The Hall–Kier alpha value is 0.0969. The second-order valence-electron chi connectivity index (χ2n) is 5.60. The SMILES string of the molecule is CC1(C2CO2)OC1(C)C1([SiH3])CCCCO1. The number of hydrogen-bond acceptors (Lipinski definition) is 3. The van der Waals surface area contributed by atoms with E-state index < -0.39 is 0 Å². The van der Waals surface area contributed by atoms with Gasteiger partial charge in [0.05, 0.1) is 11.8 Å². The molecule has 4 atom stereocenters. The molecule has 0 amide bonds. The van der Waals surface area contributed by atoms with E-state index in [1.165, 1.54) is 12.8 Å². The highest BCUT2D eigenvalue weighted by atomic mass is 28.1. The summed E-state index contributed by atoms with van der Waals surface area (Å²) in [6, 6.07) is 0. The van der Waals surface area contributed by atoms with Crippen LogP contribution in [0.2, 0.25) is 0 Å². The van der Waals surface area contributed by atoms with Crippen LogP contribution in [0.3, 0.4) is 0 Å². The zero-order valence-corrected chi connectivity index (χ0v) is 11.8. The minimum atomic E-state index is -0.0895. The zero-order valence-electron chi connectivity index (χ0n) is 9.84. The first-order chi connectivity index (χ1) is 7.02. The third-order valence-corrected chi connectivity index (χ3v) is 6.49. The third-order valence-electron chi connectivity index (χ3n) is 4.75. The Bertz CT molecular complexity index is 286. The van der Waals surface area contributed by atoms with Crippen molar-refractivity contribution >= 4 is 10.2 Å². The molecule has 3 fully saturated rings. The van der Waals surface area contributed by atoms with Gasteiger partial charge in [0.1, 0.15) is 17.3 Å². The Morgan fingerprint density at radius 2 is 2.00 bits per heavy atom. The minimum Gasteiger partial charge on any atom is -0.376 e. The lowest BCUT2D eigenvalue weighted by molar-refractivity contribution is -0.0630. The van der Waals surface area contributed by atoms with Gasteiger partial charge in [-0.2, -0.15) is 0 Å². The lowest BCUT2D eigenvalue weighted by Gasteiger charge is -2.39. The molecule has 0 spiro atoms. The first-order valence-corrected chi connectivity index (χ1v) is 6.98. The maximum Gasteiger partial charge on any atom is 0.126 e. The summed E-state index contributed by atoms with van der Waals surface area (Å²) in [5.74, 6) is 0. The van der Waals surface area contributed by atoms with Crippen molar-refractivity contribution in [1.29, 1.82) is 0 Å². The van der Waals surface area contributed by atoms with Gasteiger partial charge in [-0.1, -0.05) is 0 Å². The van der Waals surface area contributed by atoms with Gasteiger partial charge in [0.2, 0.25) is 0 Å². The van der Waals surface area contributed by atoms with E-state index in [1.54, 1.807) is 0 Å². The quantitative estimate of drug-likeness (QED) is 0.500. The van der Waals surface area contributed by atoms with Crippen LogP contribution in [0.4, 0.5) is 0 Å². The van der Waals surface area contributed by atoms with Crippen LogP contribution < -0.4 is 0 Å². The molecule has 0 aromatic heterocycles. The van der Waals surface area contributed by atoms with Crippen molar-refractivity contribution in [2.75, 3.05) is 13.2 Å². The fraction of sp³-hybridized carbons (Fsp3) is 1.00. The van der Waals surface area contributed by atoms with Gasteiger partial charge in [0, 0.05) is 16.8 Å². The molecule has 86 valence electrons. The van der Waals surface area contributed by atoms with Gasteiger partial charge < -0.3 is 14.2 Å². The lowest BCUT2D eigenvalue weighted by Crippen LogP contribution is -2.53. The van der Waals surface area contributed by atoms with Gasteiger partial charge in [0.25, 0.3) is 0 Å². The molecule has 0 N–H and O–H groups in total. The van der Waals surface area contributed by atoms with Crippen LogP contribution in [0, 0.1) is 0 Å². The van der Waals surface area contributed by atoms with Crippen LogP contribution in [0.1, 0.15) is 33.1 Å². The molecule has 15 heavy (non-hydrogen) atoms. The van der Waals surface area contributed by atoms with Crippen molar-refractivity contribution in [3.8, 4) is 0 Å². The monoisotopic (exact) mass is 228 g/mol. The molecule has 4 heteroatoms. The van der Waals surface area contributed by atoms with Crippen LogP contribution in [-0.2, 0) is 14.2 Å². The zero-order chi connectivity index (χ0) is 10.7. The molecule has 0 aromatic rings. The van der Waals surface area contributed by atoms with Crippen molar-refractivity contribution in [2.45, 2.75) is 55.6 Å². The molecule has 0 bridgehead atoms. The van der Waals surface area contributed by atoms with Crippen molar-refractivity contribution in [3.63, 3.8) is 0 Å². The largest absolute Gasteiger partial charge is 0.376 e. The standard InChI is InChI=1S/C11H20O3Si/c1-9(8-7-12-8)10(2,14-9)11(15)5-3-4-6-13-11/h8H,3-7H2,1-2,15H3. The average molecular weight is 228 g/mol. The first kappa shape index (κ1) is 10.3. The molecule has 3 nitrogen and oxygen atoms in total. The third kappa shape index (κ3) is 1.22. The van der Waals surface area contributed by atoms with E-state index in [2.05, 4.69) is 13.8 Å². The maximum atomic E-state index is 6.05. The summed E-state index contributed by atoms with van der Waals surface area (Å²) in [5.41, 5.74) is -0.167. The van der Waals surface area contributed by atoms with Crippen molar-refractivity contribution in [2.24, 2.45) is 0 Å². The second-order valence-corrected chi connectivity index (χ2v) is 7.22. The van der Waals surface area contributed by atoms with Crippen LogP contribution >= 0.6 is 0 Å². The molecule has 4 unspecified atom stereocenters. The predicted molar refractivity (Wildman–Crippen MR) is 60.1 cm³/mol. The highest BCUT2D eigenvalue weighted by molar-refractivity contribution is 6.16. The molecular formula is C11H20O3Si. The molecule has 3 rings (SSSR count). The summed E-state index contributed by atoms with van der Waals surface area (Å²) >= 11 is 0. The maximum absolute atomic E-state index is 6.05. The van der Waals surface area contributed by atoms with Gasteiger partial charge in [-0.15, -0.1) is 0 Å². The first-order valence-electron chi connectivity index (χ1n) is 5.98. The fourth-order valence-electron chi connectivity index (χ4n) is 3.08. The van der Waals surface area contributed by atoms with Crippen molar-refractivity contribution in [1.82, 2.24) is 0 Å². The summed E-state index contributed by atoms with van der Waals surface area (Å²) in [5, 5.41) is 0.0198. The minimum absolute atomic E-state index is 0.0198. The molecule has 0 aromatic carbocycles. The Balaban J connectivity index is 1.81. The summed E-state index contributed by atoms with van der Waals surface area (Å²) in [7, 11) is 1.04. The van der Waals surface area contributed by atoms with Gasteiger partial charge in [-0.3, -0.25) is 0 Å². The summed E-state index contributed by atoms with van der Waals surface area (Å²) in [6.45, 7) is 6.17. The highest BCUT2D eigenvalue weighted by Crippen LogP contribution is 2.61.